The van der Waals surface area contributed by atoms with Crippen LogP contribution in [0, 0.1) is 6.92 Å². The third kappa shape index (κ3) is 6.54. The lowest BCUT2D eigenvalue weighted by atomic mass is 9.99. The van der Waals surface area contributed by atoms with Crippen LogP contribution in [-0.2, 0) is 5.92 Å². The van der Waals surface area contributed by atoms with Crippen molar-refractivity contribution >= 4 is 11.3 Å². The minimum absolute atomic E-state index is 0.0422. The SMILES string of the molecule is CCCCCCCCCCC(F)(F)c1ccc(-c2ccc(C)s2)cc1. The third-order valence-corrected chi connectivity index (χ3v) is 5.73. The largest absolute Gasteiger partial charge is 0.273 e. The Morgan fingerprint density at radius 3 is 1.96 bits per heavy atom. The average molecular weight is 365 g/mol. The number of alkyl halides is 2. The fourth-order valence-corrected chi connectivity index (χ4v) is 3.97. The van der Waals surface area contributed by atoms with Crippen LogP contribution in [0.15, 0.2) is 36.4 Å². The summed E-state index contributed by atoms with van der Waals surface area (Å²) in [6, 6.07) is 10.9. The van der Waals surface area contributed by atoms with Crippen molar-refractivity contribution in [3.8, 4) is 10.4 Å². The monoisotopic (exact) mass is 364 g/mol. The van der Waals surface area contributed by atoms with Crippen molar-refractivity contribution in [2.24, 2.45) is 0 Å². The van der Waals surface area contributed by atoms with Crippen LogP contribution in [0.4, 0.5) is 8.78 Å². The van der Waals surface area contributed by atoms with Crippen LogP contribution < -0.4 is 0 Å². The Labute approximate surface area is 155 Å². The Kier molecular flexibility index (Phi) is 8.08. The molecule has 2 aromatic rings. The summed E-state index contributed by atoms with van der Waals surface area (Å²) >= 11 is 1.69. The molecular formula is C22H30F2S. The van der Waals surface area contributed by atoms with E-state index in [1.807, 2.05) is 18.2 Å². The van der Waals surface area contributed by atoms with Crippen LogP contribution in [0.2, 0.25) is 0 Å². The normalized spacial score (nSPS) is 11.8. The van der Waals surface area contributed by atoms with E-state index in [-0.39, 0.29) is 12.0 Å². The zero-order valence-corrected chi connectivity index (χ0v) is 16.3. The molecule has 0 nitrogen and oxygen atoms in total. The van der Waals surface area contributed by atoms with Gasteiger partial charge >= 0.3 is 0 Å². The number of hydrogen-bond donors (Lipinski definition) is 0. The van der Waals surface area contributed by atoms with Gasteiger partial charge in [-0.2, -0.15) is 0 Å². The molecular weight excluding hydrogens is 334 g/mol. The van der Waals surface area contributed by atoms with Crippen molar-refractivity contribution in [1.29, 1.82) is 0 Å². The van der Waals surface area contributed by atoms with Crippen molar-refractivity contribution in [3.63, 3.8) is 0 Å². The highest BCUT2D eigenvalue weighted by Gasteiger charge is 2.30. The van der Waals surface area contributed by atoms with E-state index in [0.717, 1.165) is 23.3 Å². The second-order valence-corrected chi connectivity index (χ2v) is 8.20. The maximum atomic E-state index is 14.4. The zero-order valence-electron chi connectivity index (χ0n) is 15.5. The lowest BCUT2D eigenvalue weighted by Gasteiger charge is -2.17. The molecule has 0 aliphatic rings. The Balaban J connectivity index is 1.77. The van der Waals surface area contributed by atoms with Crippen LogP contribution in [0.3, 0.4) is 0 Å². The third-order valence-electron chi connectivity index (χ3n) is 4.68. The van der Waals surface area contributed by atoms with Crippen LogP contribution in [0.5, 0.6) is 0 Å². The lowest BCUT2D eigenvalue weighted by molar-refractivity contribution is -0.0158. The number of thiophene rings is 1. The first-order valence-corrected chi connectivity index (χ1v) is 10.4. The van der Waals surface area contributed by atoms with Gasteiger partial charge < -0.3 is 0 Å². The molecule has 0 unspecified atom stereocenters. The lowest BCUT2D eigenvalue weighted by Crippen LogP contribution is -2.13. The number of halogens is 2. The summed E-state index contributed by atoms with van der Waals surface area (Å²) in [6.07, 6.45) is 8.80. The van der Waals surface area contributed by atoms with E-state index in [9.17, 15) is 8.78 Å². The van der Waals surface area contributed by atoms with Crippen LogP contribution in [0.1, 0.15) is 75.2 Å². The summed E-state index contributed by atoms with van der Waals surface area (Å²) in [5.41, 5.74) is 1.16. The molecule has 1 aromatic carbocycles. The van der Waals surface area contributed by atoms with Gasteiger partial charge in [-0.05, 0) is 31.0 Å². The molecule has 25 heavy (non-hydrogen) atoms. The van der Waals surface area contributed by atoms with E-state index >= 15 is 0 Å². The Bertz CT molecular complexity index is 613. The fourth-order valence-electron chi connectivity index (χ4n) is 3.09. The molecule has 3 heteroatoms. The first kappa shape index (κ1) is 20.1. The molecule has 0 bridgehead atoms. The highest BCUT2D eigenvalue weighted by Crippen LogP contribution is 2.35. The van der Waals surface area contributed by atoms with Gasteiger partial charge in [0, 0.05) is 21.7 Å². The van der Waals surface area contributed by atoms with Crippen LogP contribution >= 0.6 is 11.3 Å². The molecule has 0 atom stereocenters. The van der Waals surface area contributed by atoms with Crippen molar-refractivity contribution in [2.75, 3.05) is 0 Å². The molecule has 0 N–H and O–H groups in total. The minimum Gasteiger partial charge on any atom is -0.201 e. The zero-order chi connectivity index (χ0) is 18.1. The van der Waals surface area contributed by atoms with E-state index in [2.05, 4.69) is 19.9 Å². The highest BCUT2D eigenvalue weighted by atomic mass is 32.1. The maximum absolute atomic E-state index is 14.4. The first-order valence-electron chi connectivity index (χ1n) is 9.58. The molecule has 0 amide bonds. The van der Waals surface area contributed by atoms with Crippen LogP contribution in [0.25, 0.3) is 10.4 Å². The van der Waals surface area contributed by atoms with E-state index in [1.54, 1.807) is 23.5 Å². The Morgan fingerprint density at radius 2 is 1.40 bits per heavy atom. The van der Waals surface area contributed by atoms with Gasteiger partial charge in [-0.15, -0.1) is 11.3 Å². The van der Waals surface area contributed by atoms with E-state index < -0.39 is 5.92 Å². The smallest absolute Gasteiger partial charge is 0.201 e. The van der Waals surface area contributed by atoms with Crippen molar-refractivity contribution in [3.05, 3.63) is 46.8 Å². The molecule has 1 heterocycles. The topological polar surface area (TPSA) is 0 Å². The summed E-state index contributed by atoms with van der Waals surface area (Å²) in [4.78, 5) is 2.37. The average Bonchev–Trinajstić information content (AvgIpc) is 3.04. The molecule has 0 radical (unpaired) electrons. The summed E-state index contributed by atoms with van der Waals surface area (Å²) in [6.45, 7) is 4.26. The molecule has 0 fully saturated rings. The van der Waals surface area contributed by atoms with E-state index in [0.29, 0.717) is 6.42 Å². The fraction of sp³-hybridized carbons (Fsp3) is 0.545. The van der Waals surface area contributed by atoms with Crippen LogP contribution in [-0.4, -0.2) is 0 Å². The van der Waals surface area contributed by atoms with E-state index in [4.69, 9.17) is 0 Å². The molecule has 2 rings (SSSR count). The Morgan fingerprint density at radius 1 is 0.800 bits per heavy atom. The van der Waals surface area contributed by atoms with Gasteiger partial charge in [-0.1, -0.05) is 76.1 Å². The molecule has 0 aliphatic carbocycles. The van der Waals surface area contributed by atoms with Crippen molar-refractivity contribution < 1.29 is 8.78 Å². The second kappa shape index (κ2) is 10.1. The van der Waals surface area contributed by atoms with Gasteiger partial charge in [0.15, 0.2) is 0 Å². The standard InChI is InChI=1S/C22H30F2S/c1-3-4-5-6-7-8-9-10-17-22(23,24)20-14-12-19(13-15-20)21-16-11-18(2)25-21/h11-16H,3-10,17H2,1-2H3. The number of unbranched alkanes of at least 4 members (excludes halogenated alkanes) is 7. The second-order valence-electron chi connectivity index (χ2n) is 6.92. The number of hydrogen-bond acceptors (Lipinski definition) is 1. The minimum atomic E-state index is -2.72. The van der Waals surface area contributed by atoms with Gasteiger partial charge in [-0.3, -0.25) is 0 Å². The van der Waals surface area contributed by atoms with E-state index in [1.165, 1.54) is 37.0 Å². The maximum Gasteiger partial charge on any atom is 0.273 e. The highest BCUT2D eigenvalue weighted by molar-refractivity contribution is 7.15. The first-order chi connectivity index (χ1) is 12.0. The van der Waals surface area contributed by atoms with Crippen molar-refractivity contribution in [1.82, 2.24) is 0 Å². The molecule has 0 spiro atoms. The summed E-state index contributed by atoms with van der Waals surface area (Å²) in [5, 5.41) is 0. The number of benzene rings is 1. The quantitative estimate of drug-likeness (QED) is 0.351. The summed E-state index contributed by atoms with van der Waals surface area (Å²) < 4.78 is 28.7. The molecule has 138 valence electrons. The van der Waals surface area contributed by atoms with Crippen molar-refractivity contribution in [2.45, 2.75) is 77.6 Å². The summed E-state index contributed by atoms with van der Waals surface area (Å²) in [7, 11) is 0. The molecule has 0 saturated carbocycles. The van der Waals surface area contributed by atoms with Gasteiger partial charge in [-0.25, -0.2) is 8.78 Å². The number of rotatable bonds is 11. The van der Waals surface area contributed by atoms with Gasteiger partial charge in [0.25, 0.3) is 5.92 Å². The van der Waals surface area contributed by atoms with Gasteiger partial charge in [0.2, 0.25) is 0 Å². The van der Waals surface area contributed by atoms with Gasteiger partial charge in [0.05, 0.1) is 0 Å². The summed E-state index contributed by atoms with van der Waals surface area (Å²) in [5.74, 6) is -2.72. The molecule has 0 aliphatic heterocycles. The predicted molar refractivity (Wildman–Crippen MR) is 106 cm³/mol. The molecule has 1 aromatic heterocycles. The molecule has 0 saturated heterocycles. The number of aryl methyl sites for hydroxylation is 1. The van der Waals surface area contributed by atoms with Gasteiger partial charge in [0.1, 0.15) is 0 Å². The Hall–Kier alpha value is -1.22. The predicted octanol–water partition coefficient (Wildman–Crippen LogP) is 8.35.